The number of amides is 1. The van der Waals surface area contributed by atoms with Crippen molar-refractivity contribution in [3.63, 3.8) is 0 Å². The number of rotatable bonds is 3. The molecule has 1 heterocycles. The van der Waals surface area contributed by atoms with Crippen LogP contribution in [-0.4, -0.2) is 30.4 Å². The Hall–Kier alpha value is -1.29. The number of benzene rings is 1. The lowest BCUT2D eigenvalue weighted by atomic mass is 10.2. The van der Waals surface area contributed by atoms with E-state index in [0.717, 1.165) is 25.9 Å². The van der Waals surface area contributed by atoms with Gasteiger partial charge in [-0.25, -0.2) is 4.39 Å². The minimum Gasteiger partial charge on any atom is -0.376 e. The van der Waals surface area contributed by atoms with Gasteiger partial charge < -0.3 is 10.2 Å². The van der Waals surface area contributed by atoms with Crippen molar-refractivity contribution in [2.75, 3.05) is 25.0 Å². The van der Waals surface area contributed by atoms with Crippen molar-refractivity contribution in [1.29, 1.82) is 0 Å². The average Bonchev–Trinajstić information content (AvgIpc) is 2.63. The summed E-state index contributed by atoms with van der Waals surface area (Å²) in [5.41, 5.74) is 0.535. The van der Waals surface area contributed by atoms with E-state index in [-0.39, 0.29) is 12.5 Å². The minimum absolute atomic E-state index is 0.0577. The van der Waals surface area contributed by atoms with Crippen molar-refractivity contribution in [1.82, 2.24) is 4.90 Å². The van der Waals surface area contributed by atoms with Gasteiger partial charge in [-0.05, 0) is 31.0 Å². The first-order valence-electron chi connectivity index (χ1n) is 6.63. The highest BCUT2D eigenvalue weighted by Gasteiger charge is 2.15. The predicted molar refractivity (Wildman–Crippen MR) is 74.9 cm³/mol. The van der Waals surface area contributed by atoms with Crippen molar-refractivity contribution in [2.45, 2.75) is 25.7 Å². The number of halogens is 2. The largest absolute Gasteiger partial charge is 0.376 e. The Labute approximate surface area is 117 Å². The standard InChI is InChI=1S/C14H18ClFN2O/c15-11-7-12(16)9-13(8-11)17-10-14(19)18-5-3-1-2-4-6-18/h7-9,17H,1-6,10H2. The second kappa shape index (κ2) is 6.75. The van der Waals surface area contributed by atoms with Crippen LogP contribution in [-0.2, 0) is 4.79 Å². The first kappa shape index (κ1) is 14.1. The van der Waals surface area contributed by atoms with Crippen LogP contribution in [0.4, 0.5) is 10.1 Å². The maximum absolute atomic E-state index is 13.1. The molecule has 1 aromatic carbocycles. The lowest BCUT2D eigenvalue weighted by molar-refractivity contribution is -0.129. The van der Waals surface area contributed by atoms with E-state index in [1.165, 1.54) is 25.0 Å². The Kier molecular flexibility index (Phi) is 5.02. The normalized spacial score (nSPS) is 16.0. The zero-order valence-corrected chi connectivity index (χ0v) is 11.5. The van der Waals surface area contributed by atoms with Crippen LogP contribution in [0.1, 0.15) is 25.7 Å². The van der Waals surface area contributed by atoms with Gasteiger partial charge in [0.15, 0.2) is 0 Å². The van der Waals surface area contributed by atoms with E-state index in [9.17, 15) is 9.18 Å². The molecule has 1 amide bonds. The fourth-order valence-corrected chi connectivity index (χ4v) is 2.49. The van der Waals surface area contributed by atoms with E-state index >= 15 is 0 Å². The predicted octanol–water partition coefficient (Wildman–Crippen LogP) is 3.29. The van der Waals surface area contributed by atoms with Crippen LogP contribution in [0.15, 0.2) is 18.2 Å². The summed E-state index contributed by atoms with van der Waals surface area (Å²) < 4.78 is 13.1. The number of hydrogen-bond acceptors (Lipinski definition) is 2. The topological polar surface area (TPSA) is 32.3 Å². The SMILES string of the molecule is O=C(CNc1cc(F)cc(Cl)c1)N1CCCCCC1. The Bertz CT molecular complexity index is 425. The molecule has 0 atom stereocenters. The molecule has 0 saturated carbocycles. The Morgan fingerprint density at radius 2 is 1.89 bits per heavy atom. The van der Waals surface area contributed by atoms with Gasteiger partial charge in [0.1, 0.15) is 5.82 Å². The van der Waals surface area contributed by atoms with E-state index in [2.05, 4.69) is 5.32 Å². The minimum atomic E-state index is -0.405. The molecule has 1 N–H and O–H groups in total. The first-order valence-corrected chi connectivity index (χ1v) is 7.01. The van der Waals surface area contributed by atoms with Crippen molar-refractivity contribution in [3.8, 4) is 0 Å². The van der Waals surface area contributed by atoms with Crippen LogP contribution in [0, 0.1) is 5.82 Å². The summed E-state index contributed by atoms with van der Waals surface area (Å²) >= 11 is 5.76. The van der Waals surface area contributed by atoms with Crippen LogP contribution in [0.25, 0.3) is 0 Å². The molecule has 1 fully saturated rings. The fourth-order valence-electron chi connectivity index (χ4n) is 2.27. The summed E-state index contributed by atoms with van der Waals surface area (Å²) in [6.07, 6.45) is 4.52. The third kappa shape index (κ3) is 4.39. The summed E-state index contributed by atoms with van der Waals surface area (Å²) in [4.78, 5) is 13.9. The molecule has 0 aliphatic carbocycles. The Morgan fingerprint density at radius 3 is 2.53 bits per heavy atom. The van der Waals surface area contributed by atoms with E-state index in [0.29, 0.717) is 10.7 Å². The molecule has 0 spiro atoms. The summed E-state index contributed by atoms with van der Waals surface area (Å²) in [7, 11) is 0. The van der Waals surface area contributed by atoms with Gasteiger partial charge in [-0.2, -0.15) is 0 Å². The first-order chi connectivity index (χ1) is 9.15. The lowest BCUT2D eigenvalue weighted by Gasteiger charge is -2.20. The molecule has 1 aliphatic heterocycles. The molecule has 0 unspecified atom stereocenters. The van der Waals surface area contributed by atoms with E-state index in [1.807, 2.05) is 4.90 Å². The highest BCUT2D eigenvalue weighted by Crippen LogP contribution is 2.18. The molecule has 0 radical (unpaired) electrons. The number of hydrogen-bond donors (Lipinski definition) is 1. The molecular weight excluding hydrogens is 267 g/mol. The number of carbonyl (C=O) groups is 1. The Morgan fingerprint density at radius 1 is 1.21 bits per heavy atom. The summed E-state index contributed by atoms with van der Waals surface area (Å²) in [5, 5.41) is 3.25. The monoisotopic (exact) mass is 284 g/mol. The molecule has 5 heteroatoms. The Balaban J connectivity index is 1.88. The molecule has 0 aromatic heterocycles. The van der Waals surface area contributed by atoms with E-state index in [1.54, 1.807) is 6.07 Å². The van der Waals surface area contributed by atoms with Gasteiger partial charge in [0.25, 0.3) is 0 Å². The van der Waals surface area contributed by atoms with Crippen molar-refractivity contribution >= 4 is 23.2 Å². The molecule has 3 nitrogen and oxygen atoms in total. The zero-order valence-electron chi connectivity index (χ0n) is 10.8. The van der Waals surface area contributed by atoms with Crippen LogP contribution < -0.4 is 5.32 Å². The third-order valence-electron chi connectivity index (χ3n) is 3.27. The highest BCUT2D eigenvalue weighted by atomic mass is 35.5. The molecule has 0 bridgehead atoms. The van der Waals surface area contributed by atoms with Crippen molar-refractivity contribution < 1.29 is 9.18 Å². The lowest BCUT2D eigenvalue weighted by Crippen LogP contribution is -2.36. The molecule has 2 rings (SSSR count). The highest BCUT2D eigenvalue weighted by molar-refractivity contribution is 6.30. The number of likely N-dealkylation sites (tertiary alicyclic amines) is 1. The van der Waals surface area contributed by atoms with E-state index in [4.69, 9.17) is 11.6 Å². The number of carbonyl (C=O) groups excluding carboxylic acids is 1. The number of anilines is 1. The summed E-state index contributed by atoms with van der Waals surface area (Å²) in [6.45, 7) is 1.83. The van der Waals surface area contributed by atoms with Crippen molar-refractivity contribution in [2.24, 2.45) is 0 Å². The maximum Gasteiger partial charge on any atom is 0.241 e. The molecule has 104 valence electrons. The molecule has 1 aromatic rings. The van der Waals surface area contributed by atoms with Gasteiger partial charge in [-0.3, -0.25) is 4.79 Å². The van der Waals surface area contributed by atoms with Gasteiger partial charge in [0.05, 0.1) is 6.54 Å². The van der Waals surface area contributed by atoms with Crippen molar-refractivity contribution in [3.05, 3.63) is 29.0 Å². The molecular formula is C14H18ClFN2O. The van der Waals surface area contributed by atoms with Gasteiger partial charge in [-0.15, -0.1) is 0 Å². The van der Waals surface area contributed by atoms with Crippen LogP contribution in [0.5, 0.6) is 0 Å². The number of nitrogens with one attached hydrogen (secondary N) is 1. The second-order valence-electron chi connectivity index (χ2n) is 4.81. The van der Waals surface area contributed by atoms with Gasteiger partial charge in [-0.1, -0.05) is 24.4 Å². The van der Waals surface area contributed by atoms with E-state index < -0.39 is 5.82 Å². The maximum atomic E-state index is 13.1. The zero-order chi connectivity index (χ0) is 13.7. The van der Waals surface area contributed by atoms with Gasteiger partial charge in [0.2, 0.25) is 5.91 Å². The molecule has 19 heavy (non-hydrogen) atoms. The molecule has 1 saturated heterocycles. The molecule has 1 aliphatic rings. The van der Waals surface area contributed by atoms with Crippen LogP contribution >= 0.6 is 11.6 Å². The summed E-state index contributed by atoms with van der Waals surface area (Å²) in [6, 6.07) is 4.19. The van der Waals surface area contributed by atoms with Gasteiger partial charge >= 0.3 is 0 Å². The van der Waals surface area contributed by atoms with Gasteiger partial charge in [0, 0.05) is 23.8 Å². The fraction of sp³-hybridized carbons (Fsp3) is 0.500. The summed E-state index contributed by atoms with van der Waals surface area (Å²) in [5.74, 6) is -0.348. The smallest absolute Gasteiger partial charge is 0.241 e. The second-order valence-corrected chi connectivity index (χ2v) is 5.24. The van der Waals surface area contributed by atoms with Crippen LogP contribution in [0.2, 0.25) is 5.02 Å². The average molecular weight is 285 g/mol. The number of nitrogens with zero attached hydrogens (tertiary/aromatic N) is 1. The van der Waals surface area contributed by atoms with Crippen LogP contribution in [0.3, 0.4) is 0 Å². The quantitative estimate of drug-likeness (QED) is 0.924. The third-order valence-corrected chi connectivity index (χ3v) is 3.48.